The third-order valence-corrected chi connectivity index (χ3v) is 4.38. The van der Waals surface area contributed by atoms with Crippen molar-refractivity contribution in [3.63, 3.8) is 0 Å². The van der Waals surface area contributed by atoms with Crippen molar-refractivity contribution in [1.82, 2.24) is 20.9 Å². The zero-order valence-electron chi connectivity index (χ0n) is 13.6. The van der Waals surface area contributed by atoms with Gasteiger partial charge in [0, 0.05) is 0 Å². The van der Waals surface area contributed by atoms with E-state index in [4.69, 9.17) is 4.42 Å². The van der Waals surface area contributed by atoms with Crippen molar-refractivity contribution in [1.29, 1.82) is 0 Å². The van der Waals surface area contributed by atoms with Gasteiger partial charge in [-0.3, -0.25) is 15.0 Å². The van der Waals surface area contributed by atoms with Gasteiger partial charge in [-0.05, 0) is 31.2 Å². The fourth-order valence-electron chi connectivity index (χ4n) is 1.75. The number of urea groups is 1. The van der Waals surface area contributed by atoms with Gasteiger partial charge in [0.1, 0.15) is 0 Å². The van der Waals surface area contributed by atoms with Gasteiger partial charge in [-0.15, -0.1) is 0 Å². The second-order valence-corrected chi connectivity index (χ2v) is 6.76. The van der Waals surface area contributed by atoms with Gasteiger partial charge in [-0.1, -0.05) is 17.7 Å². The van der Waals surface area contributed by atoms with Gasteiger partial charge in [0.2, 0.25) is 0 Å². The largest absolute Gasteiger partial charge is 0.459 e. The Morgan fingerprint density at radius 3 is 2.35 bits per heavy atom. The number of hydrogen-bond acceptors (Lipinski definition) is 6. The lowest BCUT2D eigenvalue weighted by atomic mass is 10.2. The summed E-state index contributed by atoms with van der Waals surface area (Å²) in [6, 6.07) is 7.61. The number of aryl methyl sites for hydroxylation is 1. The standard InChI is InChI=1S/C15H16N4O6S/c1-10-4-6-11(7-5-10)26(23,24)19-15(22)18-17-13(20)9-16-14(21)12-3-2-8-25-12/h2-8H,9H2,1H3,(H,16,21)(H,17,20)(H2,18,19,22). The fourth-order valence-corrected chi connectivity index (χ4v) is 2.66. The SMILES string of the molecule is Cc1ccc(S(=O)(=O)NC(=O)NNC(=O)CNC(=O)c2ccco2)cc1. The van der Waals surface area contributed by atoms with Crippen LogP contribution in [0.25, 0.3) is 0 Å². The minimum Gasteiger partial charge on any atom is -0.459 e. The number of furan rings is 1. The summed E-state index contributed by atoms with van der Waals surface area (Å²) in [5.74, 6) is -1.36. The van der Waals surface area contributed by atoms with Crippen LogP contribution >= 0.6 is 0 Å². The molecule has 2 aromatic rings. The van der Waals surface area contributed by atoms with Crippen LogP contribution in [0.15, 0.2) is 52.0 Å². The van der Waals surface area contributed by atoms with Crippen LogP contribution in [0.5, 0.6) is 0 Å². The van der Waals surface area contributed by atoms with Crippen LogP contribution in [-0.2, 0) is 14.8 Å². The Bertz CT molecular complexity index is 891. The molecule has 0 saturated carbocycles. The maximum atomic E-state index is 12.0. The molecule has 4 N–H and O–H groups in total. The lowest BCUT2D eigenvalue weighted by Crippen LogP contribution is -2.51. The van der Waals surface area contributed by atoms with E-state index in [2.05, 4.69) is 5.32 Å². The van der Waals surface area contributed by atoms with Crippen molar-refractivity contribution < 1.29 is 27.2 Å². The van der Waals surface area contributed by atoms with E-state index in [0.717, 1.165) is 5.56 Å². The average Bonchev–Trinajstić information content (AvgIpc) is 3.12. The zero-order valence-corrected chi connectivity index (χ0v) is 14.4. The molecular weight excluding hydrogens is 364 g/mol. The van der Waals surface area contributed by atoms with Crippen molar-refractivity contribution in [2.45, 2.75) is 11.8 Å². The number of benzene rings is 1. The number of amides is 4. The van der Waals surface area contributed by atoms with E-state index in [-0.39, 0.29) is 10.7 Å². The molecule has 1 heterocycles. The van der Waals surface area contributed by atoms with Gasteiger partial charge in [-0.25, -0.2) is 23.4 Å². The van der Waals surface area contributed by atoms with Crippen molar-refractivity contribution in [3.05, 3.63) is 54.0 Å². The molecule has 0 radical (unpaired) electrons. The third-order valence-electron chi connectivity index (χ3n) is 3.03. The van der Waals surface area contributed by atoms with Crippen LogP contribution in [-0.4, -0.2) is 32.8 Å². The average molecular weight is 380 g/mol. The van der Waals surface area contributed by atoms with E-state index < -0.39 is 34.4 Å². The highest BCUT2D eigenvalue weighted by atomic mass is 32.2. The topological polar surface area (TPSA) is 147 Å². The lowest BCUT2D eigenvalue weighted by Gasteiger charge is -2.10. The first-order valence-electron chi connectivity index (χ1n) is 7.28. The molecule has 0 fully saturated rings. The van der Waals surface area contributed by atoms with Crippen molar-refractivity contribution in [3.8, 4) is 0 Å². The number of carbonyl (C=O) groups is 3. The second kappa shape index (κ2) is 8.16. The Balaban J connectivity index is 1.78. The number of hydrazine groups is 1. The Morgan fingerprint density at radius 1 is 1.04 bits per heavy atom. The summed E-state index contributed by atoms with van der Waals surface area (Å²) in [7, 11) is -4.07. The molecular formula is C15H16N4O6S. The van der Waals surface area contributed by atoms with E-state index in [1.165, 1.54) is 30.5 Å². The fraction of sp³-hybridized carbons (Fsp3) is 0.133. The minimum absolute atomic E-state index is 0.0210. The highest BCUT2D eigenvalue weighted by Gasteiger charge is 2.18. The van der Waals surface area contributed by atoms with E-state index >= 15 is 0 Å². The number of sulfonamides is 1. The summed E-state index contributed by atoms with van der Waals surface area (Å²) >= 11 is 0. The van der Waals surface area contributed by atoms with Gasteiger partial charge in [0.15, 0.2) is 5.76 Å². The van der Waals surface area contributed by atoms with Crippen molar-refractivity contribution in [2.24, 2.45) is 0 Å². The van der Waals surface area contributed by atoms with Crippen LogP contribution in [0.1, 0.15) is 16.1 Å². The summed E-state index contributed by atoms with van der Waals surface area (Å²) < 4.78 is 30.6. The molecule has 1 aromatic carbocycles. The van der Waals surface area contributed by atoms with Crippen LogP contribution in [0, 0.1) is 6.92 Å². The molecule has 0 aliphatic heterocycles. The summed E-state index contributed by atoms with van der Waals surface area (Å²) in [6.45, 7) is 1.33. The summed E-state index contributed by atoms with van der Waals surface area (Å²) in [5.41, 5.74) is 4.69. The van der Waals surface area contributed by atoms with Crippen molar-refractivity contribution >= 4 is 27.9 Å². The molecule has 1 aromatic heterocycles. The highest BCUT2D eigenvalue weighted by molar-refractivity contribution is 7.90. The predicted molar refractivity (Wildman–Crippen MR) is 89.2 cm³/mol. The normalized spacial score (nSPS) is 10.7. The van der Waals surface area contributed by atoms with Gasteiger partial charge in [0.05, 0.1) is 17.7 Å². The van der Waals surface area contributed by atoms with Crippen LogP contribution in [0.4, 0.5) is 4.79 Å². The predicted octanol–water partition coefficient (Wildman–Crippen LogP) is 0.0371. The monoisotopic (exact) mass is 380 g/mol. The molecule has 0 saturated heterocycles. The number of hydrogen-bond donors (Lipinski definition) is 4. The highest BCUT2D eigenvalue weighted by Crippen LogP contribution is 2.09. The molecule has 0 atom stereocenters. The first-order valence-corrected chi connectivity index (χ1v) is 8.76. The first-order chi connectivity index (χ1) is 12.3. The molecule has 4 amide bonds. The quantitative estimate of drug-likeness (QED) is 0.539. The maximum Gasteiger partial charge on any atom is 0.347 e. The Kier molecular flexibility index (Phi) is 5.96. The van der Waals surface area contributed by atoms with Gasteiger partial charge >= 0.3 is 6.03 Å². The molecule has 0 spiro atoms. The lowest BCUT2D eigenvalue weighted by molar-refractivity contribution is -0.120. The zero-order chi connectivity index (χ0) is 19.2. The summed E-state index contributed by atoms with van der Waals surface area (Å²) in [4.78, 5) is 34.6. The number of carbonyl (C=O) groups excluding carboxylic acids is 3. The first kappa shape index (κ1) is 19.0. The molecule has 0 aliphatic carbocycles. The molecule has 138 valence electrons. The molecule has 11 heteroatoms. The maximum absolute atomic E-state index is 12.0. The minimum atomic E-state index is -4.07. The molecule has 0 unspecified atom stereocenters. The second-order valence-electron chi connectivity index (χ2n) is 5.08. The van der Waals surface area contributed by atoms with Crippen LogP contribution < -0.4 is 20.9 Å². The third kappa shape index (κ3) is 5.34. The number of rotatable bonds is 5. The molecule has 26 heavy (non-hydrogen) atoms. The van der Waals surface area contributed by atoms with Gasteiger partial charge in [0.25, 0.3) is 21.8 Å². The van der Waals surface area contributed by atoms with Gasteiger partial charge in [-0.2, -0.15) is 0 Å². The smallest absolute Gasteiger partial charge is 0.347 e. The van der Waals surface area contributed by atoms with E-state index in [1.807, 2.05) is 10.9 Å². The number of nitrogens with one attached hydrogen (secondary N) is 4. The molecule has 10 nitrogen and oxygen atoms in total. The van der Waals surface area contributed by atoms with Crippen LogP contribution in [0.3, 0.4) is 0 Å². The molecule has 0 bridgehead atoms. The Labute approximate surface area is 149 Å². The van der Waals surface area contributed by atoms with Crippen LogP contribution in [0.2, 0.25) is 0 Å². The Hall–Kier alpha value is -3.34. The van der Waals surface area contributed by atoms with E-state index in [1.54, 1.807) is 23.8 Å². The summed E-state index contributed by atoms with van der Waals surface area (Å²) in [6.07, 6.45) is 1.30. The Morgan fingerprint density at radius 2 is 1.73 bits per heavy atom. The van der Waals surface area contributed by atoms with Gasteiger partial charge < -0.3 is 9.73 Å². The molecule has 0 aliphatic rings. The molecule has 2 rings (SSSR count). The van der Waals surface area contributed by atoms with E-state index in [9.17, 15) is 22.8 Å². The van der Waals surface area contributed by atoms with Crippen molar-refractivity contribution in [2.75, 3.05) is 6.54 Å². The summed E-state index contributed by atoms with van der Waals surface area (Å²) in [5, 5.41) is 2.25. The van der Waals surface area contributed by atoms with E-state index in [0.29, 0.717) is 0 Å².